The van der Waals surface area contributed by atoms with Crippen LogP contribution in [0.4, 0.5) is 0 Å². The van der Waals surface area contributed by atoms with Crippen molar-refractivity contribution in [2.45, 2.75) is 5.16 Å². The summed E-state index contributed by atoms with van der Waals surface area (Å²) in [5, 5.41) is 10.8. The number of thioether (sulfide) groups is 1. The first-order valence-corrected chi connectivity index (χ1v) is 11.9. The molecule has 0 N–H and O–H groups in total. The van der Waals surface area contributed by atoms with Gasteiger partial charge in [-0.3, -0.25) is 9.36 Å². The molecule has 1 amide bonds. The monoisotopic (exact) mass is 465 g/mol. The fourth-order valence-electron chi connectivity index (χ4n) is 3.72. The van der Waals surface area contributed by atoms with Crippen molar-refractivity contribution < 1.29 is 4.79 Å². The lowest BCUT2D eigenvalue weighted by molar-refractivity contribution is -0.125. The van der Waals surface area contributed by atoms with E-state index in [9.17, 15) is 4.79 Å². The van der Waals surface area contributed by atoms with Crippen LogP contribution in [0.2, 0.25) is 0 Å². The van der Waals surface area contributed by atoms with Gasteiger partial charge in [0.25, 0.3) is 0 Å². The smallest absolute Gasteiger partial charge is 0.232 e. The first kappa shape index (κ1) is 21.9. The molecule has 3 aromatic carbocycles. The van der Waals surface area contributed by atoms with E-state index in [-0.39, 0.29) is 11.7 Å². The van der Waals surface area contributed by atoms with Gasteiger partial charge in [-0.2, -0.15) is 0 Å². The highest BCUT2D eigenvalue weighted by Gasteiger charge is 2.20. The Kier molecular flexibility index (Phi) is 6.10. The van der Waals surface area contributed by atoms with E-state index in [2.05, 4.69) is 34.5 Å². The quantitative estimate of drug-likeness (QED) is 0.317. The Morgan fingerprint density at radius 3 is 2.29 bits per heavy atom. The largest absolute Gasteiger partial charge is 0.348 e. The molecule has 0 atom stereocenters. The van der Waals surface area contributed by atoms with Crippen molar-refractivity contribution in [1.29, 1.82) is 0 Å². The second-order valence-corrected chi connectivity index (χ2v) is 8.93. The second kappa shape index (κ2) is 9.49. The zero-order valence-corrected chi connectivity index (χ0v) is 19.7. The first-order chi connectivity index (χ1) is 16.6. The topological polar surface area (TPSA) is 63.9 Å². The van der Waals surface area contributed by atoms with Crippen LogP contribution in [0.5, 0.6) is 0 Å². The molecule has 0 bridgehead atoms. The summed E-state index contributed by atoms with van der Waals surface area (Å²) in [5.74, 6) is 1.02. The number of para-hydroxylation sites is 2. The average molecular weight is 466 g/mol. The minimum absolute atomic E-state index is 0.0230. The third-order valence-electron chi connectivity index (χ3n) is 5.50. The zero-order chi connectivity index (χ0) is 23.5. The highest BCUT2D eigenvalue weighted by atomic mass is 32.2. The van der Waals surface area contributed by atoms with Gasteiger partial charge in [0.1, 0.15) is 0 Å². The van der Waals surface area contributed by atoms with E-state index in [1.54, 1.807) is 19.0 Å². The molecule has 0 aliphatic heterocycles. The summed E-state index contributed by atoms with van der Waals surface area (Å²) < 4.78 is 2.02. The van der Waals surface area contributed by atoms with Crippen LogP contribution < -0.4 is 0 Å². The number of rotatable bonds is 6. The molecular formula is C27H23N5OS. The minimum Gasteiger partial charge on any atom is -0.348 e. The average Bonchev–Trinajstić information content (AvgIpc) is 3.31. The van der Waals surface area contributed by atoms with Crippen molar-refractivity contribution in [2.75, 3.05) is 19.8 Å². The second-order valence-electron chi connectivity index (χ2n) is 7.99. The van der Waals surface area contributed by atoms with Crippen molar-refractivity contribution in [3.8, 4) is 28.3 Å². The number of pyridine rings is 1. The van der Waals surface area contributed by atoms with E-state index < -0.39 is 0 Å². The fraction of sp³-hybridized carbons (Fsp3) is 0.111. The highest BCUT2D eigenvalue weighted by molar-refractivity contribution is 7.99. The van der Waals surface area contributed by atoms with E-state index in [1.807, 2.05) is 71.3 Å². The summed E-state index contributed by atoms with van der Waals surface area (Å²) in [7, 11) is 3.51. The lowest BCUT2D eigenvalue weighted by Gasteiger charge is -2.14. The van der Waals surface area contributed by atoms with Crippen LogP contribution in [0, 0.1) is 0 Å². The molecule has 6 nitrogen and oxygen atoms in total. The van der Waals surface area contributed by atoms with Gasteiger partial charge >= 0.3 is 0 Å². The number of carbonyl (C=O) groups excluding carboxylic acids is 1. The molecule has 2 heterocycles. The van der Waals surface area contributed by atoms with Crippen molar-refractivity contribution in [1.82, 2.24) is 24.6 Å². The molecule has 2 aromatic heterocycles. The molecule has 0 radical (unpaired) electrons. The number of aromatic nitrogens is 4. The molecule has 0 spiro atoms. The van der Waals surface area contributed by atoms with Crippen molar-refractivity contribution in [3.63, 3.8) is 0 Å². The summed E-state index contributed by atoms with van der Waals surface area (Å²) >= 11 is 1.38. The van der Waals surface area contributed by atoms with Crippen molar-refractivity contribution in [3.05, 3.63) is 91.0 Å². The third kappa shape index (κ3) is 4.30. The van der Waals surface area contributed by atoms with Crippen LogP contribution >= 0.6 is 11.8 Å². The summed E-state index contributed by atoms with van der Waals surface area (Å²) in [6.45, 7) is 0. The van der Waals surface area contributed by atoms with E-state index in [0.717, 1.165) is 33.4 Å². The molecule has 0 saturated heterocycles. The Labute approximate surface area is 202 Å². The van der Waals surface area contributed by atoms with Crippen LogP contribution in [0.25, 0.3) is 39.2 Å². The first-order valence-electron chi connectivity index (χ1n) is 10.9. The number of hydrogen-bond acceptors (Lipinski definition) is 5. The maximum Gasteiger partial charge on any atom is 0.232 e. The number of amides is 1. The molecule has 0 unspecified atom stereocenters. The Morgan fingerprint density at radius 2 is 1.56 bits per heavy atom. The van der Waals surface area contributed by atoms with Gasteiger partial charge in [0.15, 0.2) is 11.0 Å². The molecule has 0 aliphatic rings. The molecule has 7 heteroatoms. The van der Waals surface area contributed by atoms with Crippen LogP contribution in [0.3, 0.4) is 0 Å². The van der Waals surface area contributed by atoms with Gasteiger partial charge in [-0.15, -0.1) is 10.2 Å². The molecule has 0 saturated carbocycles. The van der Waals surface area contributed by atoms with Crippen LogP contribution in [-0.2, 0) is 4.79 Å². The molecule has 5 aromatic rings. The van der Waals surface area contributed by atoms with Gasteiger partial charge in [-0.25, -0.2) is 4.98 Å². The van der Waals surface area contributed by atoms with E-state index in [0.29, 0.717) is 11.0 Å². The molecule has 0 fully saturated rings. The number of nitrogens with zero attached hydrogens (tertiary/aromatic N) is 5. The lowest BCUT2D eigenvalue weighted by atomic mass is 10.0. The SMILES string of the molecule is CN(C)C(=O)CSc1nnc(-c2cc(-c3ccccc3)nc3ccccc23)n1-c1ccccc1. The number of benzene rings is 3. The predicted octanol–water partition coefficient (Wildman–Crippen LogP) is 5.33. The summed E-state index contributed by atoms with van der Waals surface area (Å²) in [6.07, 6.45) is 0. The van der Waals surface area contributed by atoms with Crippen LogP contribution in [0.1, 0.15) is 0 Å². The Hall–Kier alpha value is -3.97. The van der Waals surface area contributed by atoms with E-state index in [1.165, 1.54) is 11.8 Å². The van der Waals surface area contributed by atoms with Gasteiger partial charge in [0.2, 0.25) is 5.91 Å². The normalized spacial score (nSPS) is 11.0. The zero-order valence-electron chi connectivity index (χ0n) is 18.9. The number of hydrogen-bond donors (Lipinski definition) is 0. The van der Waals surface area contributed by atoms with Crippen molar-refractivity contribution in [2.24, 2.45) is 0 Å². The summed E-state index contributed by atoms with van der Waals surface area (Å²) in [6, 6.07) is 30.2. The van der Waals surface area contributed by atoms with E-state index in [4.69, 9.17) is 4.98 Å². The van der Waals surface area contributed by atoms with Crippen LogP contribution in [0.15, 0.2) is 96.2 Å². The fourth-order valence-corrected chi connectivity index (χ4v) is 4.65. The Bertz CT molecular complexity index is 1450. The predicted molar refractivity (Wildman–Crippen MR) is 137 cm³/mol. The Morgan fingerprint density at radius 1 is 0.882 bits per heavy atom. The molecule has 168 valence electrons. The van der Waals surface area contributed by atoms with Crippen molar-refractivity contribution >= 4 is 28.6 Å². The summed E-state index contributed by atoms with van der Waals surface area (Å²) in [5.41, 5.74) is 4.66. The van der Waals surface area contributed by atoms with E-state index >= 15 is 0 Å². The Balaban J connectivity index is 1.71. The van der Waals surface area contributed by atoms with Gasteiger partial charge in [-0.05, 0) is 24.3 Å². The maximum atomic E-state index is 12.3. The standard InChI is InChI=1S/C27H23N5OS/c1-31(2)25(33)18-34-27-30-29-26(32(27)20-13-7-4-8-14-20)22-17-24(19-11-5-3-6-12-19)28-23-16-10-9-15-21(22)23/h3-17H,18H2,1-2H3. The summed E-state index contributed by atoms with van der Waals surface area (Å²) in [4.78, 5) is 18.7. The molecule has 34 heavy (non-hydrogen) atoms. The maximum absolute atomic E-state index is 12.3. The highest BCUT2D eigenvalue weighted by Crippen LogP contribution is 2.34. The van der Waals surface area contributed by atoms with Gasteiger partial charge < -0.3 is 4.90 Å². The van der Waals surface area contributed by atoms with Gasteiger partial charge in [-0.1, -0.05) is 78.5 Å². The molecule has 5 rings (SSSR count). The lowest BCUT2D eigenvalue weighted by Crippen LogP contribution is -2.23. The van der Waals surface area contributed by atoms with Gasteiger partial charge in [0, 0.05) is 36.3 Å². The molecular weight excluding hydrogens is 442 g/mol. The minimum atomic E-state index is 0.0230. The third-order valence-corrected chi connectivity index (χ3v) is 6.41. The number of fused-ring (bicyclic) bond motifs is 1. The van der Waals surface area contributed by atoms with Gasteiger partial charge in [0.05, 0.1) is 17.0 Å². The number of carbonyl (C=O) groups is 1. The van der Waals surface area contributed by atoms with Crippen LogP contribution in [-0.4, -0.2) is 50.4 Å². The molecule has 0 aliphatic carbocycles.